The molecule has 0 spiro atoms. The first kappa shape index (κ1) is 14.6. The molecular formula is C14H17N3O2S. The van der Waals surface area contributed by atoms with Crippen molar-refractivity contribution in [1.82, 2.24) is 5.32 Å². The highest BCUT2D eigenvalue weighted by Gasteiger charge is 2.15. The Balaban J connectivity index is 2.03. The van der Waals surface area contributed by atoms with Crippen molar-refractivity contribution in [3.05, 3.63) is 29.3 Å². The Morgan fingerprint density at radius 1 is 1.50 bits per heavy atom. The number of carbonyl (C=O) groups excluding carboxylic acids is 1. The fourth-order valence-electron chi connectivity index (χ4n) is 1.59. The normalized spacial score (nSPS) is 16.9. The molecule has 0 unspecified atom stereocenters. The molecule has 0 aromatic heterocycles. The molecule has 20 heavy (non-hydrogen) atoms. The highest BCUT2D eigenvalue weighted by atomic mass is 32.2. The van der Waals surface area contributed by atoms with Crippen LogP contribution in [0.2, 0.25) is 0 Å². The average Bonchev–Trinajstić information content (AvgIpc) is 2.85. The molecule has 1 amide bonds. The molecule has 1 aromatic carbocycles. The molecule has 6 heteroatoms. The molecule has 1 aliphatic heterocycles. The monoisotopic (exact) mass is 291 g/mol. The number of hydrogen-bond donors (Lipinski definition) is 1. The van der Waals surface area contributed by atoms with Crippen molar-refractivity contribution < 1.29 is 9.53 Å². The van der Waals surface area contributed by atoms with Crippen LogP contribution in [0, 0.1) is 6.92 Å². The largest absolute Gasteiger partial charge is 0.493 e. The third-order valence-corrected chi connectivity index (χ3v) is 3.48. The lowest BCUT2D eigenvalue weighted by atomic mass is 10.1. The van der Waals surface area contributed by atoms with E-state index in [1.54, 1.807) is 6.21 Å². The summed E-state index contributed by atoms with van der Waals surface area (Å²) in [6.07, 6.45) is 2.62. The minimum Gasteiger partial charge on any atom is -0.493 e. The zero-order chi connectivity index (χ0) is 14.4. The third kappa shape index (κ3) is 4.09. The summed E-state index contributed by atoms with van der Waals surface area (Å²) in [4.78, 5) is 11.0. The van der Waals surface area contributed by atoms with Crippen LogP contribution in [0.1, 0.15) is 24.5 Å². The van der Waals surface area contributed by atoms with Gasteiger partial charge in [0.25, 0.3) is 0 Å². The number of rotatable bonds is 5. The van der Waals surface area contributed by atoms with Gasteiger partial charge in [-0.2, -0.15) is 5.10 Å². The van der Waals surface area contributed by atoms with Crippen molar-refractivity contribution in [3.8, 4) is 5.75 Å². The van der Waals surface area contributed by atoms with E-state index in [0.717, 1.165) is 23.3 Å². The summed E-state index contributed by atoms with van der Waals surface area (Å²) in [5, 5.41) is 11.1. The van der Waals surface area contributed by atoms with E-state index < -0.39 is 0 Å². The Bertz CT molecular complexity index is 555. The molecule has 0 atom stereocenters. The number of nitrogens with one attached hydrogen (secondary N) is 1. The zero-order valence-electron chi connectivity index (χ0n) is 11.5. The SMILES string of the molecule is CCCOc1cc(C=NN=C2NC(=O)CS2)ccc1C. The maximum Gasteiger partial charge on any atom is 0.236 e. The predicted molar refractivity (Wildman–Crippen MR) is 82.6 cm³/mol. The molecule has 1 aromatic rings. The smallest absolute Gasteiger partial charge is 0.236 e. The van der Waals surface area contributed by atoms with Crippen LogP contribution in [0.15, 0.2) is 28.4 Å². The molecule has 1 N–H and O–H groups in total. The third-order valence-electron chi connectivity index (χ3n) is 2.62. The van der Waals surface area contributed by atoms with Crippen molar-refractivity contribution in [2.24, 2.45) is 10.2 Å². The van der Waals surface area contributed by atoms with Crippen molar-refractivity contribution in [1.29, 1.82) is 0 Å². The molecular weight excluding hydrogens is 274 g/mol. The number of ether oxygens (including phenoxy) is 1. The minimum absolute atomic E-state index is 0.0328. The predicted octanol–water partition coefficient (Wildman–Crippen LogP) is 2.34. The second-order valence-electron chi connectivity index (χ2n) is 4.36. The number of benzene rings is 1. The molecule has 0 aliphatic carbocycles. The number of amides is 1. The van der Waals surface area contributed by atoms with E-state index in [2.05, 4.69) is 22.4 Å². The van der Waals surface area contributed by atoms with Gasteiger partial charge in [-0.15, -0.1) is 5.10 Å². The number of carbonyl (C=O) groups is 1. The summed E-state index contributed by atoms with van der Waals surface area (Å²) >= 11 is 1.35. The van der Waals surface area contributed by atoms with Gasteiger partial charge in [0.2, 0.25) is 5.91 Å². The van der Waals surface area contributed by atoms with Crippen LogP contribution in [0.3, 0.4) is 0 Å². The molecule has 1 fully saturated rings. The summed E-state index contributed by atoms with van der Waals surface area (Å²) in [6.45, 7) is 4.79. The fraction of sp³-hybridized carbons (Fsp3) is 0.357. The number of thioether (sulfide) groups is 1. The maximum atomic E-state index is 11.0. The molecule has 5 nitrogen and oxygen atoms in total. The molecule has 0 radical (unpaired) electrons. The van der Waals surface area contributed by atoms with Gasteiger partial charge in [-0.1, -0.05) is 30.8 Å². The van der Waals surface area contributed by atoms with Crippen molar-refractivity contribution in [3.63, 3.8) is 0 Å². The topological polar surface area (TPSA) is 63.1 Å². The Hall–Kier alpha value is -1.82. The second kappa shape index (κ2) is 7.09. The number of aryl methyl sites for hydroxylation is 1. The highest BCUT2D eigenvalue weighted by Crippen LogP contribution is 2.19. The summed E-state index contributed by atoms with van der Waals surface area (Å²) in [5.41, 5.74) is 2.01. The molecule has 2 rings (SSSR count). The first-order chi connectivity index (χ1) is 9.69. The van der Waals surface area contributed by atoms with Crippen LogP contribution in [-0.4, -0.2) is 29.6 Å². The van der Waals surface area contributed by atoms with Crippen LogP contribution in [-0.2, 0) is 4.79 Å². The van der Waals surface area contributed by atoms with E-state index in [1.807, 2.05) is 25.1 Å². The van der Waals surface area contributed by atoms with Gasteiger partial charge in [0, 0.05) is 0 Å². The van der Waals surface area contributed by atoms with Crippen LogP contribution in [0.5, 0.6) is 5.75 Å². The van der Waals surface area contributed by atoms with Gasteiger partial charge in [0.1, 0.15) is 5.75 Å². The van der Waals surface area contributed by atoms with Gasteiger partial charge in [0.15, 0.2) is 5.17 Å². The van der Waals surface area contributed by atoms with Crippen molar-refractivity contribution in [2.75, 3.05) is 12.4 Å². The van der Waals surface area contributed by atoms with Gasteiger partial charge in [-0.05, 0) is 30.5 Å². The zero-order valence-corrected chi connectivity index (χ0v) is 12.4. The average molecular weight is 291 g/mol. The first-order valence-corrected chi connectivity index (χ1v) is 7.44. The lowest BCUT2D eigenvalue weighted by molar-refractivity contribution is -0.116. The van der Waals surface area contributed by atoms with Gasteiger partial charge >= 0.3 is 0 Å². The lowest BCUT2D eigenvalue weighted by Crippen LogP contribution is -2.19. The number of hydrogen-bond acceptors (Lipinski definition) is 5. The van der Waals surface area contributed by atoms with Gasteiger partial charge in [0.05, 0.1) is 18.6 Å². The van der Waals surface area contributed by atoms with Crippen LogP contribution >= 0.6 is 11.8 Å². The molecule has 0 bridgehead atoms. The van der Waals surface area contributed by atoms with E-state index in [0.29, 0.717) is 17.5 Å². The van der Waals surface area contributed by atoms with E-state index in [1.165, 1.54) is 11.8 Å². The summed E-state index contributed by atoms with van der Waals surface area (Å²) < 4.78 is 5.66. The highest BCUT2D eigenvalue weighted by molar-refractivity contribution is 8.15. The molecule has 1 heterocycles. The van der Waals surface area contributed by atoms with E-state index in [4.69, 9.17) is 4.74 Å². The Morgan fingerprint density at radius 3 is 3.05 bits per heavy atom. The first-order valence-electron chi connectivity index (χ1n) is 6.46. The summed E-state index contributed by atoms with van der Waals surface area (Å²) in [5.74, 6) is 1.25. The standard InChI is InChI=1S/C14H17N3O2S/c1-3-6-19-12-7-11(5-4-10(12)2)8-15-17-14-16-13(18)9-20-14/h4-5,7-8H,3,6,9H2,1-2H3,(H,16,17,18). The quantitative estimate of drug-likeness (QED) is 0.669. The number of nitrogens with zero attached hydrogens (tertiary/aromatic N) is 2. The van der Waals surface area contributed by atoms with Crippen LogP contribution < -0.4 is 10.1 Å². The summed E-state index contributed by atoms with van der Waals surface area (Å²) in [7, 11) is 0. The lowest BCUT2D eigenvalue weighted by Gasteiger charge is -2.08. The molecule has 106 valence electrons. The van der Waals surface area contributed by atoms with Crippen molar-refractivity contribution >= 4 is 29.1 Å². The van der Waals surface area contributed by atoms with Gasteiger partial charge in [-0.3, -0.25) is 4.79 Å². The fourth-order valence-corrected chi connectivity index (χ4v) is 2.22. The Morgan fingerprint density at radius 2 is 2.35 bits per heavy atom. The second-order valence-corrected chi connectivity index (χ2v) is 5.32. The Labute approximate surface area is 122 Å². The van der Waals surface area contributed by atoms with Crippen LogP contribution in [0.25, 0.3) is 0 Å². The molecule has 1 aliphatic rings. The van der Waals surface area contributed by atoms with Gasteiger partial charge < -0.3 is 10.1 Å². The van der Waals surface area contributed by atoms with Crippen molar-refractivity contribution in [2.45, 2.75) is 20.3 Å². The van der Waals surface area contributed by atoms with E-state index >= 15 is 0 Å². The van der Waals surface area contributed by atoms with Gasteiger partial charge in [-0.25, -0.2) is 0 Å². The maximum absolute atomic E-state index is 11.0. The molecule has 0 saturated carbocycles. The number of amidine groups is 1. The minimum atomic E-state index is -0.0328. The Kier molecular flexibility index (Phi) is 5.17. The van der Waals surface area contributed by atoms with E-state index in [9.17, 15) is 4.79 Å². The van der Waals surface area contributed by atoms with Crippen LogP contribution in [0.4, 0.5) is 0 Å². The van der Waals surface area contributed by atoms with E-state index in [-0.39, 0.29) is 5.91 Å². The summed E-state index contributed by atoms with van der Waals surface area (Å²) in [6, 6.07) is 5.89. The molecule has 1 saturated heterocycles.